The van der Waals surface area contributed by atoms with Crippen LogP contribution in [0.1, 0.15) is 16.7 Å². The maximum atomic E-state index is 13.3. The van der Waals surface area contributed by atoms with E-state index in [9.17, 15) is 4.79 Å². The molecule has 1 amide bonds. The van der Waals surface area contributed by atoms with E-state index in [1.807, 2.05) is 78.9 Å². The highest BCUT2D eigenvalue weighted by Crippen LogP contribution is 2.48. The second-order valence-corrected chi connectivity index (χ2v) is 6.97. The van der Waals surface area contributed by atoms with Crippen LogP contribution in [0.2, 0.25) is 0 Å². The molecule has 1 aliphatic heterocycles. The van der Waals surface area contributed by atoms with Crippen LogP contribution in [0.4, 0.5) is 5.69 Å². The number of alkyl halides is 1. The minimum absolute atomic E-state index is 0.0393. The minimum atomic E-state index is -0.883. The van der Waals surface area contributed by atoms with Crippen molar-refractivity contribution in [2.24, 2.45) is 0 Å². The SMILES string of the molecule is O=C1Nc2ccc(OCCBr)cc2C1(c1ccccc1)c1ccccc1. The van der Waals surface area contributed by atoms with Crippen molar-refractivity contribution in [3.63, 3.8) is 0 Å². The third-order valence-electron chi connectivity index (χ3n) is 4.74. The lowest BCUT2D eigenvalue weighted by Gasteiger charge is -2.29. The number of ether oxygens (including phenoxy) is 1. The van der Waals surface area contributed by atoms with Crippen molar-refractivity contribution >= 4 is 27.5 Å². The van der Waals surface area contributed by atoms with Crippen molar-refractivity contribution in [3.05, 3.63) is 95.6 Å². The predicted molar refractivity (Wildman–Crippen MR) is 107 cm³/mol. The smallest absolute Gasteiger partial charge is 0.244 e. The van der Waals surface area contributed by atoms with Gasteiger partial charge in [-0.25, -0.2) is 0 Å². The highest BCUT2D eigenvalue weighted by Gasteiger charge is 2.49. The van der Waals surface area contributed by atoms with E-state index in [0.717, 1.165) is 33.5 Å². The van der Waals surface area contributed by atoms with Crippen LogP contribution >= 0.6 is 15.9 Å². The summed E-state index contributed by atoms with van der Waals surface area (Å²) >= 11 is 3.38. The summed E-state index contributed by atoms with van der Waals surface area (Å²) in [5.74, 6) is 0.721. The molecular weight excluding hydrogens is 390 g/mol. The lowest BCUT2D eigenvalue weighted by molar-refractivity contribution is -0.118. The van der Waals surface area contributed by atoms with Crippen LogP contribution in [0.3, 0.4) is 0 Å². The summed E-state index contributed by atoms with van der Waals surface area (Å²) in [5, 5.41) is 3.82. The Balaban J connectivity index is 1.97. The maximum Gasteiger partial charge on any atom is 0.244 e. The molecular formula is C22H18BrNO2. The number of anilines is 1. The van der Waals surface area contributed by atoms with E-state index in [4.69, 9.17) is 4.74 Å². The Kier molecular flexibility index (Phi) is 4.51. The van der Waals surface area contributed by atoms with Crippen molar-refractivity contribution < 1.29 is 9.53 Å². The second-order valence-electron chi connectivity index (χ2n) is 6.18. The van der Waals surface area contributed by atoms with Crippen molar-refractivity contribution in [1.29, 1.82) is 0 Å². The zero-order valence-corrected chi connectivity index (χ0v) is 15.7. The molecule has 4 heteroatoms. The lowest BCUT2D eigenvalue weighted by Crippen LogP contribution is -2.36. The van der Waals surface area contributed by atoms with Crippen LogP contribution in [0.15, 0.2) is 78.9 Å². The molecule has 0 aliphatic carbocycles. The van der Waals surface area contributed by atoms with Crippen molar-refractivity contribution in [2.75, 3.05) is 17.3 Å². The number of rotatable bonds is 5. The highest BCUT2D eigenvalue weighted by atomic mass is 79.9. The first-order valence-electron chi connectivity index (χ1n) is 8.52. The van der Waals surface area contributed by atoms with E-state index in [0.29, 0.717) is 6.61 Å². The molecule has 3 aromatic rings. The summed E-state index contributed by atoms with van der Waals surface area (Å²) < 4.78 is 5.79. The Morgan fingerprint density at radius 3 is 2.08 bits per heavy atom. The van der Waals surface area contributed by atoms with Crippen molar-refractivity contribution in [2.45, 2.75) is 5.41 Å². The van der Waals surface area contributed by atoms with Gasteiger partial charge in [0.25, 0.3) is 0 Å². The van der Waals surface area contributed by atoms with E-state index in [1.54, 1.807) is 0 Å². The standard InChI is InChI=1S/C22H18BrNO2/c23-13-14-26-18-11-12-20-19(15-18)22(21(25)24-20,16-7-3-1-4-8-16)17-9-5-2-6-10-17/h1-12,15H,13-14H2,(H,24,25). The summed E-state index contributed by atoms with van der Waals surface area (Å²) in [6, 6.07) is 25.6. The van der Waals surface area contributed by atoms with Crippen LogP contribution < -0.4 is 10.1 Å². The Labute approximate surface area is 161 Å². The average molecular weight is 408 g/mol. The number of halogens is 1. The number of nitrogens with one attached hydrogen (secondary N) is 1. The molecule has 0 saturated carbocycles. The largest absolute Gasteiger partial charge is 0.493 e. The number of fused-ring (bicyclic) bond motifs is 1. The lowest BCUT2D eigenvalue weighted by atomic mass is 9.70. The molecule has 0 fully saturated rings. The molecule has 0 aromatic heterocycles. The maximum absolute atomic E-state index is 13.3. The fourth-order valence-electron chi connectivity index (χ4n) is 3.64. The monoisotopic (exact) mass is 407 g/mol. The molecule has 1 aliphatic rings. The molecule has 26 heavy (non-hydrogen) atoms. The highest BCUT2D eigenvalue weighted by molar-refractivity contribution is 9.09. The molecule has 1 heterocycles. The second kappa shape index (κ2) is 6.96. The topological polar surface area (TPSA) is 38.3 Å². The summed E-state index contributed by atoms with van der Waals surface area (Å²) in [6.07, 6.45) is 0. The fourth-order valence-corrected chi connectivity index (χ4v) is 3.81. The first-order valence-corrected chi connectivity index (χ1v) is 9.65. The number of carbonyl (C=O) groups excluding carboxylic acids is 1. The molecule has 0 unspecified atom stereocenters. The van der Waals surface area contributed by atoms with E-state index >= 15 is 0 Å². The van der Waals surface area contributed by atoms with Gasteiger partial charge in [0.15, 0.2) is 0 Å². The Morgan fingerprint density at radius 2 is 1.50 bits per heavy atom. The molecule has 1 N–H and O–H groups in total. The van der Waals surface area contributed by atoms with Crippen LogP contribution in [-0.4, -0.2) is 17.8 Å². The zero-order chi connectivity index (χ0) is 18.0. The number of carbonyl (C=O) groups is 1. The van der Waals surface area contributed by atoms with Gasteiger partial charge in [0, 0.05) is 16.6 Å². The minimum Gasteiger partial charge on any atom is -0.493 e. The number of hydrogen-bond acceptors (Lipinski definition) is 2. The van der Waals surface area contributed by atoms with Gasteiger partial charge in [0.1, 0.15) is 11.2 Å². The molecule has 0 saturated heterocycles. The van der Waals surface area contributed by atoms with Gasteiger partial charge in [-0.05, 0) is 29.3 Å². The first kappa shape index (κ1) is 16.9. The van der Waals surface area contributed by atoms with Gasteiger partial charge in [-0.1, -0.05) is 76.6 Å². The Morgan fingerprint density at radius 1 is 0.885 bits per heavy atom. The Hall–Kier alpha value is -2.59. The van der Waals surface area contributed by atoms with Gasteiger partial charge in [-0.2, -0.15) is 0 Å². The molecule has 0 atom stereocenters. The van der Waals surface area contributed by atoms with Gasteiger partial charge in [0.05, 0.1) is 6.61 Å². The molecule has 0 spiro atoms. The Bertz CT molecular complexity index is 886. The molecule has 4 rings (SSSR count). The van der Waals surface area contributed by atoms with Crippen LogP contribution in [0.5, 0.6) is 5.75 Å². The fraction of sp³-hybridized carbons (Fsp3) is 0.136. The summed E-state index contributed by atoms with van der Waals surface area (Å²) in [5.41, 5.74) is 2.76. The van der Waals surface area contributed by atoms with Crippen LogP contribution in [-0.2, 0) is 10.2 Å². The number of hydrogen-bond donors (Lipinski definition) is 1. The summed E-state index contributed by atoms with van der Waals surface area (Å²) in [4.78, 5) is 13.3. The van der Waals surface area contributed by atoms with E-state index in [-0.39, 0.29) is 5.91 Å². The summed E-state index contributed by atoms with van der Waals surface area (Å²) in [6.45, 7) is 0.573. The van der Waals surface area contributed by atoms with Gasteiger partial charge < -0.3 is 10.1 Å². The molecule has 0 radical (unpaired) electrons. The van der Waals surface area contributed by atoms with Crippen LogP contribution in [0, 0.1) is 0 Å². The van der Waals surface area contributed by atoms with E-state index < -0.39 is 5.41 Å². The molecule has 0 bridgehead atoms. The quantitative estimate of drug-likeness (QED) is 0.619. The number of amides is 1. The number of benzene rings is 3. The molecule has 130 valence electrons. The third-order valence-corrected chi connectivity index (χ3v) is 5.07. The van der Waals surface area contributed by atoms with Gasteiger partial charge in [0.2, 0.25) is 5.91 Å². The van der Waals surface area contributed by atoms with E-state index in [1.165, 1.54) is 0 Å². The zero-order valence-electron chi connectivity index (χ0n) is 14.1. The third kappa shape index (κ3) is 2.61. The first-order chi connectivity index (χ1) is 12.8. The van der Waals surface area contributed by atoms with E-state index in [2.05, 4.69) is 21.2 Å². The summed E-state index contributed by atoms with van der Waals surface area (Å²) in [7, 11) is 0. The average Bonchev–Trinajstić information content (AvgIpc) is 2.99. The van der Waals surface area contributed by atoms with Gasteiger partial charge in [-0.15, -0.1) is 0 Å². The molecule has 3 nitrogen and oxygen atoms in total. The van der Waals surface area contributed by atoms with Crippen molar-refractivity contribution in [3.8, 4) is 5.75 Å². The predicted octanol–water partition coefficient (Wildman–Crippen LogP) is 4.75. The normalized spacial score (nSPS) is 14.6. The van der Waals surface area contributed by atoms with Crippen LogP contribution in [0.25, 0.3) is 0 Å². The van der Waals surface area contributed by atoms with Gasteiger partial charge >= 0.3 is 0 Å². The molecule has 3 aromatic carbocycles. The van der Waals surface area contributed by atoms with Crippen molar-refractivity contribution in [1.82, 2.24) is 0 Å². The van der Waals surface area contributed by atoms with Gasteiger partial charge in [-0.3, -0.25) is 4.79 Å².